The van der Waals surface area contributed by atoms with Crippen LogP contribution >= 0.6 is 0 Å². The van der Waals surface area contributed by atoms with Gasteiger partial charge < -0.3 is 4.74 Å². The van der Waals surface area contributed by atoms with Crippen LogP contribution in [0.1, 0.15) is 50.7 Å². The van der Waals surface area contributed by atoms with Gasteiger partial charge in [-0.15, -0.1) is 0 Å². The van der Waals surface area contributed by atoms with Gasteiger partial charge in [0.25, 0.3) is 0 Å². The number of ether oxygens (including phenoxy) is 1. The van der Waals surface area contributed by atoms with Crippen LogP contribution in [0.4, 0.5) is 0 Å². The van der Waals surface area contributed by atoms with Gasteiger partial charge in [-0.05, 0) is 35.8 Å². The lowest BCUT2D eigenvalue weighted by molar-refractivity contribution is -0.144. The predicted molar refractivity (Wildman–Crippen MR) is 72.6 cm³/mol. The Morgan fingerprint density at radius 2 is 2.00 bits per heavy atom. The summed E-state index contributed by atoms with van der Waals surface area (Å²) in [6, 6.07) is 8.50. The average Bonchev–Trinajstić information content (AvgIpc) is 3.10. The molecule has 1 aromatic carbocycles. The van der Waals surface area contributed by atoms with E-state index in [0.29, 0.717) is 11.8 Å². The van der Waals surface area contributed by atoms with Gasteiger partial charge >= 0.3 is 5.97 Å². The molecule has 0 heterocycles. The van der Waals surface area contributed by atoms with E-state index in [-0.39, 0.29) is 11.4 Å². The Kier molecular flexibility index (Phi) is 3.47. The molecule has 0 aliphatic heterocycles. The highest BCUT2D eigenvalue weighted by Gasteiger charge is 2.59. The van der Waals surface area contributed by atoms with Crippen molar-refractivity contribution >= 4 is 5.97 Å². The first-order valence-electron chi connectivity index (χ1n) is 6.75. The summed E-state index contributed by atoms with van der Waals surface area (Å²) >= 11 is 0. The fourth-order valence-electron chi connectivity index (χ4n) is 2.76. The molecule has 0 aromatic heterocycles. The molecule has 1 aromatic rings. The third kappa shape index (κ3) is 1.94. The lowest BCUT2D eigenvalue weighted by Crippen LogP contribution is -2.24. The highest BCUT2D eigenvalue weighted by molar-refractivity contribution is 5.87. The lowest BCUT2D eigenvalue weighted by atomic mass is 9.90. The number of carbonyl (C=O) groups excluding carboxylic acids is 1. The van der Waals surface area contributed by atoms with E-state index < -0.39 is 0 Å². The topological polar surface area (TPSA) is 26.3 Å². The third-order valence-electron chi connectivity index (χ3n) is 4.47. The van der Waals surface area contributed by atoms with Gasteiger partial charge in [0.05, 0.1) is 12.5 Å². The minimum Gasteiger partial charge on any atom is -0.468 e. The molecule has 1 fully saturated rings. The molecule has 0 radical (unpaired) electrons. The fraction of sp³-hybridized carbons (Fsp3) is 0.562. The third-order valence-corrected chi connectivity index (χ3v) is 4.47. The summed E-state index contributed by atoms with van der Waals surface area (Å²) in [6.07, 6.45) is 2.04. The van der Waals surface area contributed by atoms with E-state index in [9.17, 15) is 4.79 Å². The van der Waals surface area contributed by atoms with Gasteiger partial charge in [0.1, 0.15) is 0 Å². The molecule has 1 aliphatic carbocycles. The van der Waals surface area contributed by atoms with E-state index in [4.69, 9.17) is 4.74 Å². The average molecular weight is 246 g/mol. The van der Waals surface area contributed by atoms with Gasteiger partial charge in [0.15, 0.2) is 0 Å². The molecule has 18 heavy (non-hydrogen) atoms. The van der Waals surface area contributed by atoms with Crippen LogP contribution in [0.5, 0.6) is 0 Å². The molecular formula is C16H22O2. The molecule has 0 amide bonds. The Labute approximate surface area is 109 Å². The first kappa shape index (κ1) is 13.1. The number of hydrogen-bond donors (Lipinski definition) is 0. The Hall–Kier alpha value is -1.31. The number of methoxy groups -OCH3 is 1. The fourth-order valence-corrected chi connectivity index (χ4v) is 2.76. The molecule has 2 nitrogen and oxygen atoms in total. The minimum absolute atomic E-state index is 0.0914. The lowest BCUT2D eigenvalue weighted by Gasteiger charge is -2.16. The van der Waals surface area contributed by atoms with Gasteiger partial charge in [-0.25, -0.2) is 0 Å². The summed E-state index contributed by atoms with van der Waals surface area (Å²) in [7, 11) is 1.47. The highest BCUT2D eigenvalue weighted by atomic mass is 16.5. The summed E-state index contributed by atoms with van der Waals surface area (Å²) in [4.78, 5) is 12.0. The molecular weight excluding hydrogens is 224 g/mol. The van der Waals surface area contributed by atoms with Crippen LogP contribution in [-0.2, 0) is 14.9 Å². The molecule has 1 aliphatic rings. The molecule has 0 saturated heterocycles. The minimum atomic E-state index is -0.372. The molecule has 0 N–H and O–H groups in total. The van der Waals surface area contributed by atoms with Gasteiger partial charge in [-0.3, -0.25) is 4.79 Å². The normalized spacial score (nSPS) is 27.7. The van der Waals surface area contributed by atoms with Crippen LogP contribution in [0, 0.1) is 5.92 Å². The zero-order valence-electron chi connectivity index (χ0n) is 11.7. The van der Waals surface area contributed by atoms with Crippen molar-refractivity contribution in [3.8, 4) is 0 Å². The molecule has 3 atom stereocenters. The van der Waals surface area contributed by atoms with E-state index in [1.165, 1.54) is 12.7 Å². The Bertz CT molecular complexity index is 435. The SMILES string of the molecule is CCC(C)c1ccc(C2(C(=O)OC)CC2C)cc1. The second-order valence-corrected chi connectivity index (χ2v) is 5.50. The van der Waals surface area contributed by atoms with Gasteiger partial charge in [0.2, 0.25) is 0 Å². The summed E-state index contributed by atoms with van der Waals surface area (Å²) in [6.45, 7) is 6.53. The molecule has 98 valence electrons. The smallest absolute Gasteiger partial charge is 0.316 e. The number of carbonyl (C=O) groups is 1. The largest absolute Gasteiger partial charge is 0.468 e. The monoisotopic (exact) mass is 246 g/mol. The molecule has 2 rings (SSSR count). The van der Waals surface area contributed by atoms with E-state index in [0.717, 1.165) is 18.4 Å². The van der Waals surface area contributed by atoms with Crippen LogP contribution < -0.4 is 0 Å². The van der Waals surface area contributed by atoms with Gasteiger partial charge in [-0.1, -0.05) is 45.0 Å². The standard InChI is InChI=1S/C16H22O2/c1-5-11(2)13-6-8-14(9-7-13)16(10-12(16)3)15(17)18-4/h6-9,11-12H,5,10H2,1-4H3. The Morgan fingerprint density at radius 3 is 2.39 bits per heavy atom. The van der Waals surface area contributed by atoms with E-state index >= 15 is 0 Å². The summed E-state index contributed by atoms with van der Waals surface area (Å²) in [5.74, 6) is 0.871. The second-order valence-electron chi connectivity index (χ2n) is 5.50. The maximum Gasteiger partial charge on any atom is 0.316 e. The quantitative estimate of drug-likeness (QED) is 0.758. The summed E-state index contributed by atoms with van der Waals surface area (Å²) < 4.78 is 4.96. The maximum atomic E-state index is 12.0. The zero-order valence-corrected chi connectivity index (χ0v) is 11.7. The first-order valence-corrected chi connectivity index (χ1v) is 6.75. The van der Waals surface area contributed by atoms with Crippen LogP contribution in [0.15, 0.2) is 24.3 Å². The first-order chi connectivity index (χ1) is 8.56. The van der Waals surface area contributed by atoms with Gasteiger partial charge in [-0.2, -0.15) is 0 Å². The van der Waals surface area contributed by atoms with Crippen LogP contribution in [0.3, 0.4) is 0 Å². The van der Waals surface area contributed by atoms with E-state index in [1.807, 2.05) is 0 Å². The predicted octanol–water partition coefficient (Wildman–Crippen LogP) is 3.65. The zero-order chi connectivity index (χ0) is 13.3. The number of rotatable bonds is 4. The van der Waals surface area contributed by atoms with Crippen LogP contribution in [-0.4, -0.2) is 13.1 Å². The van der Waals surface area contributed by atoms with Gasteiger partial charge in [0, 0.05) is 0 Å². The van der Waals surface area contributed by atoms with Crippen LogP contribution in [0.2, 0.25) is 0 Å². The van der Waals surface area contributed by atoms with Crippen LogP contribution in [0.25, 0.3) is 0 Å². The molecule has 2 heteroatoms. The summed E-state index contributed by atoms with van der Waals surface area (Å²) in [5, 5.41) is 0. The summed E-state index contributed by atoms with van der Waals surface area (Å²) in [5.41, 5.74) is 2.08. The maximum absolute atomic E-state index is 12.0. The van der Waals surface area contributed by atoms with Crippen molar-refractivity contribution in [1.29, 1.82) is 0 Å². The number of benzene rings is 1. The molecule has 0 bridgehead atoms. The Morgan fingerprint density at radius 1 is 1.44 bits per heavy atom. The Balaban J connectivity index is 2.27. The van der Waals surface area contributed by atoms with Crippen molar-refractivity contribution in [3.05, 3.63) is 35.4 Å². The molecule has 1 saturated carbocycles. The van der Waals surface area contributed by atoms with Crippen molar-refractivity contribution < 1.29 is 9.53 Å². The van der Waals surface area contributed by atoms with Crippen molar-refractivity contribution in [2.45, 2.75) is 44.9 Å². The van der Waals surface area contributed by atoms with Crippen molar-refractivity contribution in [2.75, 3.05) is 7.11 Å². The number of hydrogen-bond acceptors (Lipinski definition) is 2. The van der Waals surface area contributed by atoms with E-state index in [1.54, 1.807) is 0 Å². The molecule has 3 unspecified atom stereocenters. The van der Waals surface area contributed by atoms with Crippen molar-refractivity contribution in [2.24, 2.45) is 5.92 Å². The van der Waals surface area contributed by atoms with Crippen molar-refractivity contribution in [3.63, 3.8) is 0 Å². The van der Waals surface area contributed by atoms with Crippen molar-refractivity contribution in [1.82, 2.24) is 0 Å². The second kappa shape index (κ2) is 4.75. The molecule has 0 spiro atoms. The van der Waals surface area contributed by atoms with E-state index in [2.05, 4.69) is 45.0 Å². The highest BCUT2D eigenvalue weighted by Crippen LogP contribution is 2.54. The number of esters is 1.